The summed E-state index contributed by atoms with van der Waals surface area (Å²) in [5.41, 5.74) is -0.758. The Labute approximate surface area is 142 Å². The monoisotopic (exact) mass is 442 g/mol. The average Bonchev–Trinajstić information content (AvgIpc) is 2.84. The molecule has 0 N–H and O–H groups in total. The molecule has 0 atom stereocenters. The number of benzene rings is 1. The lowest BCUT2D eigenvalue weighted by atomic mass is 10.0. The van der Waals surface area contributed by atoms with Gasteiger partial charge < -0.3 is 0 Å². The first kappa shape index (κ1) is 12.6. The van der Waals surface area contributed by atoms with Gasteiger partial charge in [-0.15, -0.1) is 11.3 Å². The Bertz CT molecular complexity index is 930. The minimum absolute atomic E-state index is 0.0378. The largest absolute Gasteiger partial charge is 0.417 e. The molecule has 0 spiro atoms. The van der Waals surface area contributed by atoms with Crippen molar-refractivity contribution in [1.29, 1.82) is 0 Å². The molecule has 1 aromatic carbocycles. The zero-order valence-electron chi connectivity index (χ0n) is 11.9. The molecule has 2 aromatic heterocycles. The number of hydrogen-bond donors (Lipinski definition) is 0. The van der Waals surface area contributed by atoms with E-state index in [0.29, 0.717) is 9.90 Å². The first-order valence-corrected chi connectivity index (χ1v) is 7.81. The van der Waals surface area contributed by atoms with Crippen molar-refractivity contribution in [2.45, 2.75) is 6.18 Å². The van der Waals surface area contributed by atoms with Crippen molar-refractivity contribution in [2.75, 3.05) is 0 Å². The van der Waals surface area contributed by atoms with Crippen LogP contribution >= 0.6 is 45.5 Å². The van der Waals surface area contributed by atoms with Gasteiger partial charge in [-0.05, 0) is 34.7 Å². The van der Waals surface area contributed by atoms with Crippen molar-refractivity contribution < 1.29 is 15.9 Å². The molecule has 3 aromatic rings. The first-order chi connectivity index (χ1) is 10.7. The average molecular weight is 443 g/mol. The van der Waals surface area contributed by atoms with Crippen LogP contribution in [-0.4, -0.2) is 9.97 Å². The molecule has 0 aliphatic carbocycles. The van der Waals surface area contributed by atoms with Crippen LogP contribution < -0.4 is 0 Å². The van der Waals surface area contributed by atoms with Crippen molar-refractivity contribution in [2.24, 2.45) is 0 Å². The minimum Gasteiger partial charge on any atom is -0.244 e. The number of fused-ring (bicyclic) bond motifs is 1. The van der Waals surface area contributed by atoms with Crippen LogP contribution in [-0.2, 0) is 6.18 Å². The summed E-state index contributed by atoms with van der Waals surface area (Å²) in [5.74, 6) is 0. The second-order valence-electron chi connectivity index (χ2n) is 4.07. The first-order valence-electron chi connectivity index (χ1n) is 6.47. The lowest BCUT2D eigenvalue weighted by Crippen LogP contribution is -2.09. The van der Waals surface area contributed by atoms with Gasteiger partial charge in [0.15, 0.2) is 0 Å². The number of aromatic nitrogens is 2. The smallest absolute Gasteiger partial charge is 0.244 e. The third-order valence-electron chi connectivity index (χ3n) is 2.75. The van der Waals surface area contributed by atoms with E-state index in [-0.39, 0.29) is 20.0 Å². The summed E-state index contributed by atoms with van der Waals surface area (Å²) in [4.78, 5) is 7.74. The van der Waals surface area contributed by atoms with E-state index in [1.54, 1.807) is 28.0 Å². The van der Waals surface area contributed by atoms with Crippen LogP contribution in [0.25, 0.3) is 21.3 Å². The summed E-state index contributed by atoms with van der Waals surface area (Å²) in [7, 11) is 0. The van der Waals surface area contributed by atoms with Gasteiger partial charge in [-0.3, -0.25) is 0 Å². The second-order valence-corrected chi connectivity index (χ2v) is 6.50. The Kier molecular flexibility index (Phi) is 3.22. The van der Waals surface area contributed by atoms with E-state index in [0.717, 1.165) is 17.4 Å². The van der Waals surface area contributed by atoms with Crippen molar-refractivity contribution in [1.82, 2.24) is 9.97 Å². The Morgan fingerprint density at radius 3 is 2.71 bits per heavy atom. The molecular formula is C13H5ClF3IN2S. The molecule has 0 amide bonds. The molecule has 2 heterocycles. The number of thiophene rings is 1. The van der Waals surface area contributed by atoms with E-state index in [2.05, 4.69) is 9.97 Å². The van der Waals surface area contributed by atoms with E-state index in [9.17, 15) is 13.2 Å². The second kappa shape index (κ2) is 5.36. The molecule has 0 saturated heterocycles. The molecule has 0 aliphatic heterocycles. The third kappa shape index (κ3) is 2.74. The summed E-state index contributed by atoms with van der Waals surface area (Å²) < 4.78 is 55.9. The van der Waals surface area contributed by atoms with Crippen LogP contribution in [0.1, 0.15) is 8.30 Å². The molecular weight excluding hydrogens is 436 g/mol. The molecule has 0 aliphatic rings. The molecule has 0 unspecified atom stereocenters. The topological polar surface area (TPSA) is 25.8 Å². The predicted molar refractivity (Wildman–Crippen MR) is 85.6 cm³/mol. The standard InChI is InChI=1S/C13H5ClF3IN2S/c14-7-2-9(21-4-7)10-8(13(15,16)17)1-6-3-19-5-20-12(6)11(10)18/h1-5H/i3D,5D. The fourth-order valence-electron chi connectivity index (χ4n) is 1.90. The summed E-state index contributed by atoms with van der Waals surface area (Å²) in [6, 6.07) is 2.32. The molecule has 0 saturated carbocycles. The van der Waals surface area contributed by atoms with Crippen molar-refractivity contribution in [3.05, 3.63) is 44.1 Å². The molecule has 2 nitrogen and oxygen atoms in total. The summed E-state index contributed by atoms with van der Waals surface area (Å²) in [6.45, 7) is 0. The minimum atomic E-state index is -4.61. The van der Waals surface area contributed by atoms with E-state index in [1.807, 2.05) is 0 Å². The Morgan fingerprint density at radius 2 is 2.10 bits per heavy atom. The summed E-state index contributed by atoms with van der Waals surface area (Å²) in [6.07, 6.45) is -5.42. The SMILES string of the molecule is [2H]c1nc([2H])c2cc(C(F)(F)F)c(-c3cc(Cl)cs3)c(I)c2n1. The van der Waals surface area contributed by atoms with Gasteiger partial charge in [0, 0.05) is 30.9 Å². The quantitative estimate of drug-likeness (QED) is 0.456. The number of hydrogen-bond acceptors (Lipinski definition) is 3. The Hall–Kier alpha value is -0.930. The predicted octanol–water partition coefficient (Wildman–Crippen LogP) is 5.64. The van der Waals surface area contributed by atoms with E-state index in [1.165, 1.54) is 6.07 Å². The van der Waals surface area contributed by atoms with E-state index in [4.69, 9.17) is 14.3 Å². The van der Waals surface area contributed by atoms with Gasteiger partial charge in [0.2, 0.25) is 0 Å². The van der Waals surface area contributed by atoms with Crippen molar-refractivity contribution in [3.63, 3.8) is 0 Å². The fourth-order valence-corrected chi connectivity index (χ4v) is 4.22. The highest BCUT2D eigenvalue weighted by atomic mass is 127. The molecule has 8 heteroatoms. The zero-order chi connectivity index (χ0) is 16.9. The Morgan fingerprint density at radius 1 is 1.33 bits per heavy atom. The van der Waals surface area contributed by atoms with Gasteiger partial charge in [0.25, 0.3) is 0 Å². The maximum Gasteiger partial charge on any atom is 0.417 e. The maximum atomic E-state index is 13.5. The van der Waals surface area contributed by atoms with Crippen molar-refractivity contribution >= 4 is 56.4 Å². The summed E-state index contributed by atoms with van der Waals surface area (Å²) >= 11 is 8.69. The highest BCUT2D eigenvalue weighted by Gasteiger charge is 2.36. The van der Waals surface area contributed by atoms with E-state index >= 15 is 0 Å². The third-order valence-corrected chi connectivity index (χ3v) is 5.09. The molecule has 0 bridgehead atoms. The van der Waals surface area contributed by atoms with Gasteiger partial charge in [0.05, 0.1) is 17.5 Å². The van der Waals surface area contributed by atoms with Gasteiger partial charge in [0.1, 0.15) is 7.67 Å². The molecule has 0 fully saturated rings. The van der Waals surface area contributed by atoms with Crippen molar-refractivity contribution in [3.8, 4) is 10.4 Å². The van der Waals surface area contributed by atoms with E-state index < -0.39 is 24.2 Å². The van der Waals surface area contributed by atoms with Gasteiger partial charge >= 0.3 is 6.18 Å². The zero-order valence-corrected chi connectivity index (χ0v) is 13.7. The van der Waals surface area contributed by atoms with Crippen LogP contribution in [0.4, 0.5) is 13.2 Å². The van der Waals surface area contributed by atoms with Crippen LogP contribution in [0.2, 0.25) is 5.02 Å². The van der Waals surface area contributed by atoms with Gasteiger partial charge in [-0.25, -0.2) is 9.97 Å². The van der Waals surface area contributed by atoms with Crippen LogP contribution in [0.5, 0.6) is 0 Å². The van der Waals surface area contributed by atoms with Crippen LogP contribution in [0, 0.1) is 3.57 Å². The number of rotatable bonds is 1. The molecule has 0 radical (unpaired) electrons. The normalized spacial score (nSPS) is 13.4. The van der Waals surface area contributed by atoms with Gasteiger partial charge in [-0.1, -0.05) is 11.6 Å². The number of nitrogens with zero attached hydrogens (tertiary/aromatic N) is 2. The lowest BCUT2D eigenvalue weighted by molar-refractivity contribution is -0.137. The Balaban J connectivity index is 2.47. The number of alkyl halides is 3. The van der Waals surface area contributed by atoms with Crippen LogP contribution in [0.15, 0.2) is 30.0 Å². The highest BCUT2D eigenvalue weighted by Crippen LogP contribution is 2.44. The molecule has 21 heavy (non-hydrogen) atoms. The lowest BCUT2D eigenvalue weighted by Gasteiger charge is -2.15. The number of halogens is 5. The summed E-state index contributed by atoms with van der Waals surface area (Å²) in [5, 5.41) is 1.85. The van der Waals surface area contributed by atoms with Crippen LogP contribution in [0.3, 0.4) is 0 Å². The molecule has 108 valence electrons. The van der Waals surface area contributed by atoms with Gasteiger partial charge in [-0.2, -0.15) is 13.2 Å². The maximum absolute atomic E-state index is 13.5. The highest BCUT2D eigenvalue weighted by molar-refractivity contribution is 14.1. The molecule has 3 rings (SSSR count). The fraction of sp³-hybridized carbons (Fsp3) is 0.0769.